The second kappa shape index (κ2) is 6.25. The van der Waals surface area contributed by atoms with E-state index in [4.69, 9.17) is 11.6 Å². The van der Waals surface area contributed by atoms with E-state index in [1.807, 2.05) is 19.1 Å². The van der Waals surface area contributed by atoms with Crippen LogP contribution in [0.2, 0.25) is 0 Å². The molecule has 0 unspecified atom stereocenters. The number of Topliss-reactive ketones (excluding diaryl/α,β-unsaturated/α-hetero) is 2. The van der Waals surface area contributed by atoms with E-state index in [0.29, 0.717) is 17.0 Å². The molecule has 0 saturated carbocycles. The minimum atomic E-state index is -0.327. The number of rotatable bonds is 3. The molecule has 2 aromatic rings. The second-order valence-electron chi connectivity index (χ2n) is 6.25. The van der Waals surface area contributed by atoms with Gasteiger partial charge in [-0.3, -0.25) is 9.59 Å². The van der Waals surface area contributed by atoms with Crippen molar-refractivity contribution in [2.45, 2.75) is 26.7 Å². The van der Waals surface area contributed by atoms with Crippen LogP contribution < -0.4 is 5.32 Å². The maximum atomic E-state index is 12.8. The highest BCUT2D eigenvalue weighted by Crippen LogP contribution is 2.31. The fraction of sp³-hybridized carbons (Fsp3) is 0.200. The molecule has 0 radical (unpaired) electrons. The van der Waals surface area contributed by atoms with Crippen molar-refractivity contribution in [1.29, 1.82) is 0 Å². The summed E-state index contributed by atoms with van der Waals surface area (Å²) in [7, 11) is 0. The molecule has 0 bridgehead atoms. The molecular formula is C20H18ClNO2. The smallest absolute Gasteiger partial charge is 0.211 e. The summed E-state index contributed by atoms with van der Waals surface area (Å²) in [4.78, 5) is 25.2. The van der Waals surface area contributed by atoms with E-state index >= 15 is 0 Å². The Hall–Kier alpha value is -2.39. The van der Waals surface area contributed by atoms with E-state index in [1.54, 1.807) is 24.3 Å². The molecule has 0 amide bonds. The van der Waals surface area contributed by atoms with Crippen molar-refractivity contribution < 1.29 is 9.59 Å². The number of nitrogens with one attached hydrogen (secondary N) is 1. The molecule has 0 fully saturated rings. The van der Waals surface area contributed by atoms with E-state index in [-0.39, 0.29) is 22.3 Å². The summed E-state index contributed by atoms with van der Waals surface area (Å²) in [6.45, 7) is 6.16. The highest BCUT2D eigenvalue weighted by molar-refractivity contribution is 6.50. The van der Waals surface area contributed by atoms with Gasteiger partial charge in [-0.15, -0.1) is 0 Å². The summed E-state index contributed by atoms with van der Waals surface area (Å²) in [6, 6.07) is 12.8. The van der Waals surface area contributed by atoms with Crippen molar-refractivity contribution in [3.63, 3.8) is 0 Å². The van der Waals surface area contributed by atoms with Gasteiger partial charge in [0.2, 0.25) is 11.6 Å². The molecule has 0 heterocycles. The van der Waals surface area contributed by atoms with Crippen LogP contribution in [0, 0.1) is 6.92 Å². The van der Waals surface area contributed by atoms with Crippen LogP contribution in [0.3, 0.4) is 0 Å². The average Bonchev–Trinajstić information content (AvgIpc) is 2.58. The summed E-state index contributed by atoms with van der Waals surface area (Å²) in [5.74, 6) is -0.225. The van der Waals surface area contributed by atoms with Crippen LogP contribution >= 0.6 is 11.6 Å². The molecule has 1 N–H and O–H groups in total. The average molecular weight is 340 g/mol. The van der Waals surface area contributed by atoms with Gasteiger partial charge in [-0.1, -0.05) is 61.8 Å². The zero-order valence-corrected chi connectivity index (χ0v) is 14.6. The number of aryl methyl sites for hydroxylation is 1. The lowest BCUT2D eigenvalue weighted by atomic mass is 9.92. The number of anilines is 1. The van der Waals surface area contributed by atoms with Crippen LogP contribution in [0.4, 0.5) is 5.69 Å². The number of carbonyl (C=O) groups excluding carboxylic acids is 2. The molecule has 0 spiro atoms. The molecule has 1 aliphatic rings. The Labute approximate surface area is 146 Å². The Morgan fingerprint density at radius 3 is 2.21 bits per heavy atom. The summed E-state index contributed by atoms with van der Waals surface area (Å²) < 4.78 is 0. The van der Waals surface area contributed by atoms with Crippen molar-refractivity contribution in [3.05, 3.63) is 75.4 Å². The third kappa shape index (κ3) is 2.76. The fourth-order valence-corrected chi connectivity index (χ4v) is 2.96. The Kier molecular flexibility index (Phi) is 4.29. The molecule has 0 atom stereocenters. The van der Waals surface area contributed by atoms with Crippen LogP contribution in [-0.4, -0.2) is 11.6 Å². The normalized spacial score (nSPS) is 14.2. The zero-order valence-electron chi connectivity index (χ0n) is 13.8. The number of benzene rings is 2. The summed E-state index contributed by atoms with van der Waals surface area (Å²) in [5.41, 5.74) is 3.79. The van der Waals surface area contributed by atoms with Crippen LogP contribution in [-0.2, 0) is 0 Å². The first-order valence-corrected chi connectivity index (χ1v) is 8.23. The minimum absolute atomic E-state index is 0.0620. The minimum Gasteiger partial charge on any atom is -0.351 e. The summed E-state index contributed by atoms with van der Waals surface area (Å²) in [5, 5.41) is 3.03. The lowest BCUT2D eigenvalue weighted by Crippen LogP contribution is -2.24. The maximum Gasteiger partial charge on any atom is 0.211 e. The van der Waals surface area contributed by atoms with Gasteiger partial charge in [-0.2, -0.15) is 0 Å². The number of ketones is 2. The van der Waals surface area contributed by atoms with Crippen molar-refractivity contribution in [3.8, 4) is 0 Å². The zero-order chi connectivity index (χ0) is 17.4. The van der Waals surface area contributed by atoms with Crippen LogP contribution in [0.25, 0.3) is 0 Å². The van der Waals surface area contributed by atoms with Crippen LogP contribution in [0.15, 0.2) is 53.2 Å². The number of fused-ring (bicyclic) bond motifs is 1. The fourth-order valence-electron chi connectivity index (χ4n) is 2.72. The molecular weight excluding hydrogens is 322 g/mol. The topological polar surface area (TPSA) is 46.2 Å². The van der Waals surface area contributed by atoms with Crippen molar-refractivity contribution in [1.82, 2.24) is 0 Å². The van der Waals surface area contributed by atoms with Gasteiger partial charge >= 0.3 is 0 Å². The Bertz CT molecular complexity index is 881. The van der Waals surface area contributed by atoms with Crippen LogP contribution in [0.5, 0.6) is 0 Å². The molecule has 122 valence electrons. The monoisotopic (exact) mass is 339 g/mol. The molecule has 0 aromatic heterocycles. The second-order valence-corrected chi connectivity index (χ2v) is 6.62. The van der Waals surface area contributed by atoms with Gasteiger partial charge in [-0.25, -0.2) is 0 Å². The Morgan fingerprint density at radius 2 is 1.58 bits per heavy atom. The van der Waals surface area contributed by atoms with E-state index in [1.165, 1.54) is 0 Å². The van der Waals surface area contributed by atoms with E-state index in [0.717, 1.165) is 16.8 Å². The predicted molar refractivity (Wildman–Crippen MR) is 96.9 cm³/mol. The Balaban J connectivity index is 2.05. The third-order valence-corrected chi connectivity index (χ3v) is 4.61. The van der Waals surface area contributed by atoms with Gasteiger partial charge in [-0.05, 0) is 30.0 Å². The van der Waals surface area contributed by atoms with Crippen LogP contribution in [0.1, 0.15) is 51.6 Å². The molecule has 4 heteroatoms. The molecule has 0 saturated heterocycles. The largest absolute Gasteiger partial charge is 0.351 e. The van der Waals surface area contributed by atoms with Crippen molar-refractivity contribution in [2.75, 3.05) is 5.32 Å². The SMILES string of the molecule is Cc1ccc(C(C)C)cc1NC1=C(Cl)C(=O)c2ccccc2C1=O. The number of hydrogen-bond acceptors (Lipinski definition) is 3. The number of carbonyl (C=O) groups is 2. The lowest BCUT2D eigenvalue weighted by molar-refractivity contribution is 0.0982. The number of halogens is 1. The first-order chi connectivity index (χ1) is 11.4. The predicted octanol–water partition coefficient (Wildman–Crippen LogP) is 5.06. The molecule has 2 aromatic carbocycles. The van der Waals surface area contributed by atoms with E-state index in [9.17, 15) is 9.59 Å². The van der Waals surface area contributed by atoms with Gasteiger partial charge in [0.1, 0.15) is 10.7 Å². The standard InChI is InChI=1S/C20H18ClNO2/c1-11(2)13-9-8-12(3)16(10-13)22-18-17(21)19(23)14-6-4-5-7-15(14)20(18)24/h4-11,22H,1-3H3. The molecule has 24 heavy (non-hydrogen) atoms. The van der Waals surface area contributed by atoms with Gasteiger partial charge in [0.05, 0.1) is 0 Å². The molecule has 1 aliphatic carbocycles. The molecule has 0 aliphatic heterocycles. The van der Waals surface area contributed by atoms with E-state index < -0.39 is 0 Å². The highest BCUT2D eigenvalue weighted by atomic mass is 35.5. The van der Waals surface area contributed by atoms with Crippen molar-refractivity contribution in [2.24, 2.45) is 0 Å². The van der Waals surface area contributed by atoms with Gasteiger partial charge in [0, 0.05) is 16.8 Å². The third-order valence-electron chi connectivity index (χ3n) is 4.25. The van der Waals surface area contributed by atoms with E-state index in [2.05, 4.69) is 25.2 Å². The lowest BCUT2D eigenvalue weighted by Gasteiger charge is -2.20. The molecule has 3 rings (SSSR count). The van der Waals surface area contributed by atoms with Gasteiger partial charge < -0.3 is 5.32 Å². The first-order valence-electron chi connectivity index (χ1n) is 7.86. The quantitative estimate of drug-likeness (QED) is 0.850. The number of allylic oxidation sites excluding steroid dienone is 2. The maximum absolute atomic E-state index is 12.8. The first kappa shape index (κ1) is 16.5. The highest BCUT2D eigenvalue weighted by Gasteiger charge is 2.31. The van der Waals surface area contributed by atoms with Gasteiger partial charge in [0.15, 0.2) is 0 Å². The Morgan fingerprint density at radius 1 is 0.958 bits per heavy atom. The number of hydrogen-bond donors (Lipinski definition) is 1. The summed E-state index contributed by atoms with van der Waals surface area (Å²) in [6.07, 6.45) is 0. The van der Waals surface area contributed by atoms with Crippen molar-refractivity contribution >= 4 is 28.9 Å². The molecule has 3 nitrogen and oxygen atoms in total. The van der Waals surface area contributed by atoms with Gasteiger partial charge in [0.25, 0.3) is 0 Å². The summed E-state index contributed by atoms with van der Waals surface area (Å²) >= 11 is 6.21.